The van der Waals surface area contributed by atoms with Gasteiger partial charge in [0, 0.05) is 25.2 Å². The highest BCUT2D eigenvalue weighted by molar-refractivity contribution is 4.94. The minimum absolute atomic E-state index is 0.459. The van der Waals surface area contributed by atoms with Crippen LogP contribution in [0, 0.1) is 0 Å². The molecule has 0 aliphatic heterocycles. The molecule has 2 aliphatic carbocycles. The van der Waals surface area contributed by atoms with Gasteiger partial charge in [-0.3, -0.25) is 0 Å². The Morgan fingerprint density at radius 1 is 1.17 bits per heavy atom. The van der Waals surface area contributed by atoms with Crippen molar-refractivity contribution in [2.45, 2.75) is 49.9 Å². The summed E-state index contributed by atoms with van der Waals surface area (Å²) in [5.41, 5.74) is 5.69. The number of nitrogens with two attached hydrogens (primary N) is 1. The second kappa shape index (κ2) is 3.32. The van der Waals surface area contributed by atoms with Crippen LogP contribution in [0.25, 0.3) is 0 Å². The molecule has 2 aliphatic rings. The lowest BCUT2D eigenvalue weighted by Gasteiger charge is -2.42. The van der Waals surface area contributed by atoms with Gasteiger partial charge in [-0.25, -0.2) is 0 Å². The maximum atomic E-state index is 5.69. The van der Waals surface area contributed by atoms with Crippen molar-refractivity contribution < 1.29 is 4.74 Å². The number of methoxy groups -OCH3 is 1. The molecular weight excluding hydrogens is 152 g/mol. The van der Waals surface area contributed by atoms with E-state index in [-0.39, 0.29) is 0 Å². The van der Waals surface area contributed by atoms with Crippen LogP contribution in [0.3, 0.4) is 0 Å². The maximum Gasteiger partial charge on any atom is 0.0601 e. The van der Waals surface area contributed by atoms with Crippen LogP contribution in [0.1, 0.15) is 25.7 Å². The predicted octanol–water partition coefficient (Wildman–Crippen LogP) is 0.243. The largest absolute Gasteiger partial charge is 0.381 e. The predicted molar refractivity (Wildman–Crippen MR) is 48.0 cm³/mol. The molecule has 0 saturated heterocycles. The number of hydrogen-bond donors (Lipinski definition) is 2. The average Bonchev–Trinajstić information content (AvgIpc) is 1.91. The van der Waals surface area contributed by atoms with Gasteiger partial charge in [0.25, 0.3) is 0 Å². The molecule has 2 saturated carbocycles. The van der Waals surface area contributed by atoms with E-state index in [0.29, 0.717) is 24.2 Å². The van der Waals surface area contributed by atoms with Crippen molar-refractivity contribution in [3.8, 4) is 0 Å². The Morgan fingerprint density at radius 3 is 2.25 bits per heavy atom. The standard InChI is InChI=1S/C9H18N2O/c1-12-9-4-8(5-9)11-7-2-6(10)3-7/h6-9,11H,2-5,10H2,1H3. The van der Waals surface area contributed by atoms with Gasteiger partial charge in [0.05, 0.1) is 6.10 Å². The van der Waals surface area contributed by atoms with Crippen LogP contribution in [-0.4, -0.2) is 31.3 Å². The molecule has 70 valence electrons. The lowest BCUT2D eigenvalue weighted by molar-refractivity contribution is 0.0102. The van der Waals surface area contributed by atoms with Crippen molar-refractivity contribution in [2.24, 2.45) is 5.73 Å². The quantitative estimate of drug-likeness (QED) is 0.638. The summed E-state index contributed by atoms with van der Waals surface area (Å²) in [6, 6.07) is 1.86. The van der Waals surface area contributed by atoms with E-state index in [2.05, 4.69) is 5.32 Å². The lowest BCUT2D eigenvalue weighted by atomic mass is 9.83. The van der Waals surface area contributed by atoms with E-state index in [1.165, 1.54) is 12.8 Å². The van der Waals surface area contributed by atoms with Gasteiger partial charge < -0.3 is 15.8 Å². The summed E-state index contributed by atoms with van der Waals surface area (Å²) in [6.07, 6.45) is 5.20. The van der Waals surface area contributed by atoms with Gasteiger partial charge in [-0.2, -0.15) is 0 Å². The molecule has 0 amide bonds. The minimum atomic E-state index is 0.459. The van der Waals surface area contributed by atoms with E-state index in [0.717, 1.165) is 12.8 Å². The Labute approximate surface area is 73.7 Å². The summed E-state index contributed by atoms with van der Waals surface area (Å²) >= 11 is 0. The third kappa shape index (κ3) is 1.63. The van der Waals surface area contributed by atoms with Crippen LogP contribution in [0.4, 0.5) is 0 Å². The van der Waals surface area contributed by atoms with Crippen molar-refractivity contribution in [3.63, 3.8) is 0 Å². The molecule has 0 heterocycles. The second-order valence-electron chi connectivity index (χ2n) is 4.12. The van der Waals surface area contributed by atoms with Gasteiger partial charge in [0.2, 0.25) is 0 Å². The van der Waals surface area contributed by atoms with Crippen molar-refractivity contribution in [3.05, 3.63) is 0 Å². The summed E-state index contributed by atoms with van der Waals surface area (Å²) < 4.78 is 5.21. The maximum absolute atomic E-state index is 5.69. The van der Waals surface area contributed by atoms with E-state index in [4.69, 9.17) is 10.5 Å². The van der Waals surface area contributed by atoms with Crippen molar-refractivity contribution in [1.29, 1.82) is 0 Å². The smallest absolute Gasteiger partial charge is 0.0601 e. The first-order valence-electron chi connectivity index (χ1n) is 4.82. The SMILES string of the molecule is COC1CC(NC2CC(N)C2)C1. The molecule has 0 aromatic carbocycles. The Bertz CT molecular complexity index is 151. The van der Waals surface area contributed by atoms with Crippen LogP contribution in [0.15, 0.2) is 0 Å². The van der Waals surface area contributed by atoms with Crippen LogP contribution in [0.5, 0.6) is 0 Å². The van der Waals surface area contributed by atoms with Gasteiger partial charge in [-0.1, -0.05) is 0 Å². The topological polar surface area (TPSA) is 47.3 Å². The van der Waals surface area contributed by atoms with Crippen molar-refractivity contribution >= 4 is 0 Å². The molecule has 3 heteroatoms. The zero-order valence-electron chi connectivity index (χ0n) is 7.62. The minimum Gasteiger partial charge on any atom is -0.381 e. The monoisotopic (exact) mass is 170 g/mol. The van der Waals surface area contributed by atoms with Crippen molar-refractivity contribution in [1.82, 2.24) is 5.32 Å². The molecule has 0 aromatic heterocycles. The fourth-order valence-corrected chi connectivity index (χ4v) is 2.03. The van der Waals surface area contributed by atoms with Gasteiger partial charge >= 0.3 is 0 Å². The molecule has 2 fully saturated rings. The summed E-state index contributed by atoms with van der Waals surface area (Å²) in [5.74, 6) is 0. The van der Waals surface area contributed by atoms with E-state index >= 15 is 0 Å². The molecule has 12 heavy (non-hydrogen) atoms. The number of ether oxygens (including phenoxy) is 1. The van der Waals surface area contributed by atoms with Crippen LogP contribution in [-0.2, 0) is 4.74 Å². The summed E-state index contributed by atoms with van der Waals surface area (Å²) in [7, 11) is 1.79. The van der Waals surface area contributed by atoms with Gasteiger partial charge in [-0.15, -0.1) is 0 Å². The molecule has 3 N–H and O–H groups in total. The summed E-state index contributed by atoms with van der Waals surface area (Å²) in [6.45, 7) is 0. The Morgan fingerprint density at radius 2 is 1.75 bits per heavy atom. The highest BCUT2D eigenvalue weighted by Crippen LogP contribution is 2.26. The van der Waals surface area contributed by atoms with Gasteiger partial charge in [-0.05, 0) is 25.7 Å². The van der Waals surface area contributed by atoms with E-state index < -0.39 is 0 Å². The Hall–Kier alpha value is -0.120. The fraction of sp³-hybridized carbons (Fsp3) is 1.00. The number of hydrogen-bond acceptors (Lipinski definition) is 3. The number of nitrogens with one attached hydrogen (secondary N) is 1. The molecule has 0 spiro atoms. The molecule has 0 unspecified atom stereocenters. The van der Waals surface area contributed by atoms with Crippen LogP contribution in [0.2, 0.25) is 0 Å². The van der Waals surface area contributed by atoms with Crippen LogP contribution >= 0.6 is 0 Å². The normalized spacial score (nSPS) is 46.5. The molecule has 0 radical (unpaired) electrons. The highest BCUT2D eigenvalue weighted by atomic mass is 16.5. The zero-order valence-corrected chi connectivity index (χ0v) is 7.62. The lowest BCUT2D eigenvalue weighted by Crippen LogP contribution is -2.56. The molecule has 0 aromatic rings. The summed E-state index contributed by atoms with van der Waals surface area (Å²) in [5, 5.41) is 3.59. The van der Waals surface area contributed by atoms with E-state index in [9.17, 15) is 0 Å². The number of rotatable bonds is 3. The zero-order chi connectivity index (χ0) is 8.55. The molecular formula is C9H18N2O. The first kappa shape index (κ1) is 8.48. The third-order valence-corrected chi connectivity index (χ3v) is 3.07. The van der Waals surface area contributed by atoms with Gasteiger partial charge in [0.15, 0.2) is 0 Å². The first-order valence-corrected chi connectivity index (χ1v) is 4.82. The third-order valence-electron chi connectivity index (χ3n) is 3.07. The molecule has 2 rings (SSSR count). The Kier molecular flexibility index (Phi) is 2.35. The molecule has 3 nitrogen and oxygen atoms in total. The van der Waals surface area contributed by atoms with Gasteiger partial charge in [0.1, 0.15) is 0 Å². The van der Waals surface area contributed by atoms with E-state index in [1.807, 2.05) is 0 Å². The summed E-state index contributed by atoms with van der Waals surface area (Å²) in [4.78, 5) is 0. The highest BCUT2D eigenvalue weighted by Gasteiger charge is 2.34. The fourth-order valence-electron chi connectivity index (χ4n) is 2.03. The van der Waals surface area contributed by atoms with Crippen molar-refractivity contribution in [2.75, 3.05) is 7.11 Å². The van der Waals surface area contributed by atoms with Crippen LogP contribution < -0.4 is 11.1 Å². The molecule has 0 atom stereocenters. The average molecular weight is 170 g/mol. The van der Waals surface area contributed by atoms with E-state index in [1.54, 1.807) is 7.11 Å². The second-order valence-corrected chi connectivity index (χ2v) is 4.12. The molecule has 0 bridgehead atoms. The first-order chi connectivity index (χ1) is 5.78. The Balaban J connectivity index is 1.58.